The van der Waals surface area contributed by atoms with Gasteiger partial charge in [-0.2, -0.15) is 4.98 Å². The first-order chi connectivity index (χ1) is 13.2. The third-order valence-electron chi connectivity index (χ3n) is 4.58. The highest BCUT2D eigenvalue weighted by Crippen LogP contribution is 2.22. The number of para-hydroxylation sites is 1. The number of amides is 1. The fraction of sp³-hybridized carbons (Fsp3) is 0.350. The lowest BCUT2D eigenvalue weighted by Gasteiger charge is -2.39. The Morgan fingerprint density at radius 2 is 2.11 bits per heavy atom. The Morgan fingerprint density at radius 3 is 2.89 bits per heavy atom. The molecule has 0 N–H and O–H groups in total. The molecular formula is C20H21N3O4. The summed E-state index contributed by atoms with van der Waals surface area (Å²) >= 11 is 0. The molecule has 1 fully saturated rings. The molecule has 140 valence electrons. The summed E-state index contributed by atoms with van der Waals surface area (Å²) in [6.45, 7) is 3.29. The highest BCUT2D eigenvalue weighted by molar-refractivity contribution is 5.77. The predicted molar refractivity (Wildman–Crippen MR) is 97.1 cm³/mol. The van der Waals surface area contributed by atoms with Crippen LogP contribution in [-0.2, 0) is 11.2 Å². The molecule has 3 aromatic rings. The largest absolute Gasteiger partial charge is 0.486 e. The van der Waals surface area contributed by atoms with E-state index in [0.717, 1.165) is 11.3 Å². The molecule has 0 bridgehead atoms. The van der Waals surface area contributed by atoms with Crippen LogP contribution in [0.25, 0.3) is 11.6 Å². The van der Waals surface area contributed by atoms with Crippen LogP contribution in [0, 0.1) is 6.92 Å². The lowest BCUT2D eigenvalue weighted by Crippen LogP contribution is -2.56. The molecule has 1 aliphatic heterocycles. The smallest absolute Gasteiger partial charge is 0.238 e. The van der Waals surface area contributed by atoms with Crippen molar-refractivity contribution in [1.29, 1.82) is 0 Å². The van der Waals surface area contributed by atoms with Crippen LogP contribution in [0.1, 0.15) is 24.3 Å². The number of nitrogens with zero attached hydrogens (tertiary/aromatic N) is 3. The van der Waals surface area contributed by atoms with Crippen molar-refractivity contribution in [2.24, 2.45) is 0 Å². The molecule has 1 amide bonds. The molecule has 0 aliphatic carbocycles. The Bertz CT molecular complexity index is 898. The van der Waals surface area contributed by atoms with Crippen LogP contribution in [0.4, 0.5) is 0 Å². The molecule has 1 aliphatic rings. The minimum absolute atomic E-state index is 0.0712. The number of hydrogen-bond acceptors (Lipinski definition) is 6. The molecule has 2 aromatic heterocycles. The van der Waals surface area contributed by atoms with Gasteiger partial charge in [-0.3, -0.25) is 4.79 Å². The molecular weight excluding hydrogens is 346 g/mol. The summed E-state index contributed by atoms with van der Waals surface area (Å²) in [6.07, 6.45) is 3.32. The van der Waals surface area contributed by atoms with Crippen LogP contribution < -0.4 is 4.74 Å². The molecule has 0 unspecified atom stereocenters. The summed E-state index contributed by atoms with van der Waals surface area (Å²) in [4.78, 5) is 18.4. The monoisotopic (exact) mass is 367 g/mol. The van der Waals surface area contributed by atoms with E-state index in [1.54, 1.807) is 18.4 Å². The van der Waals surface area contributed by atoms with E-state index in [4.69, 9.17) is 13.7 Å². The van der Waals surface area contributed by atoms with E-state index < -0.39 is 0 Å². The second-order valence-corrected chi connectivity index (χ2v) is 6.65. The lowest BCUT2D eigenvalue weighted by atomic mass is 10.1. The summed E-state index contributed by atoms with van der Waals surface area (Å²) in [6, 6.07) is 11.5. The van der Waals surface area contributed by atoms with E-state index in [0.29, 0.717) is 49.8 Å². The van der Waals surface area contributed by atoms with Crippen molar-refractivity contribution in [3.8, 4) is 17.3 Å². The van der Waals surface area contributed by atoms with Crippen molar-refractivity contribution in [3.63, 3.8) is 0 Å². The molecule has 1 aromatic carbocycles. The number of rotatable bonds is 7. The maximum absolute atomic E-state index is 12.3. The quantitative estimate of drug-likeness (QED) is 0.638. The van der Waals surface area contributed by atoms with Crippen molar-refractivity contribution in [3.05, 3.63) is 54.1 Å². The summed E-state index contributed by atoms with van der Waals surface area (Å²) < 4.78 is 16.4. The lowest BCUT2D eigenvalue weighted by molar-refractivity contribution is -0.140. The van der Waals surface area contributed by atoms with Crippen molar-refractivity contribution < 1.29 is 18.5 Å². The Kier molecular flexibility index (Phi) is 4.91. The van der Waals surface area contributed by atoms with Crippen molar-refractivity contribution >= 4 is 5.91 Å². The molecule has 3 heterocycles. The van der Waals surface area contributed by atoms with Crippen LogP contribution in [0.2, 0.25) is 0 Å². The normalized spacial score (nSPS) is 14.2. The molecule has 27 heavy (non-hydrogen) atoms. The molecule has 1 saturated heterocycles. The Morgan fingerprint density at radius 1 is 1.26 bits per heavy atom. The molecule has 0 radical (unpaired) electrons. The van der Waals surface area contributed by atoms with Crippen LogP contribution >= 0.6 is 0 Å². The SMILES string of the molecule is Cc1ccccc1OC1CN(C(=O)CCCc2nc(-c3ccco3)no2)C1. The molecule has 7 nitrogen and oxygen atoms in total. The van der Waals surface area contributed by atoms with E-state index in [9.17, 15) is 4.79 Å². The first kappa shape index (κ1) is 17.3. The highest BCUT2D eigenvalue weighted by Gasteiger charge is 2.32. The van der Waals surface area contributed by atoms with Crippen molar-refractivity contribution in [2.75, 3.05) is 13.1 Å². The first-order valence-electron chi connectivity index (χ1n) is 9.05. The number of aromatic nitrogens is 2. The van der Waals surface area contributed by atoms with E-state index in [1.165, 1.54) is 0 Å². The zero-order valence-electron chi connectivity index (χ0n) is 15.1. The van der Waals surface area contributed by atoms with Gasteiger partial charge in [-0.25, -0.2) is 0 Å². The predicted octanol–water partition coefficient (Wildman–Crippen LogP) is 3.25. The number of furan rings is 1. The van der Waals surface area contributed by atoms with Crippen LogP contribution in [0.15, 0.2) is 51.6 Å². The number of carbonyl (C=O) groups is 1. The summed E-state index contributed by atoms with van der Waals surface area (Å²) in [5.74, 6) is 2.53. The molecule has 0 spiro atoms. The van der Waals surface area contributed by atoms with Gasteiger partial charge in [0.15, 0.2) is 5.76 Å². The zero-order chi connectivity index (χ0) is 18.6. The van der Waals surface area contributed by atoms with Gasteiger partial charge in [0, 0.05) is 12.8 Å². The number of aryl methyl sites for hydroxylation is 2. The standard InChI is InChI=1S/C20H21N3O4/c1-14-6-2-3-7-16(14)26-15-12-23(13-15)19(24)10-4-9-18-21-20(22-27-18)17-8-5-11-25-17/h2-3,5-8,11,15H,4,9-10,12-13H2,1H3. The van der Waals surface area contributed by atoms with Crippen LogP contribution in [-0.4, -0.2) is 40.1 Å². The minimum Gasteiger partial charge on any atom is -0.486 e. The Balaban J connectivity index is 1.18. The number of likely N-dealkylation sites (tertiary alicyclic amines) is 1. The van der Waals surface area contributed by atoms with E-state index in [2.05, 4.69) is 10.1 Å². The number of carbonyl (C=O) groups excluding carboxylic acids is 1. The number of hydrogen-bond donors (Lipinski definition) is 0. The van der Waals surface area contributed by atoms with Gasteiger partial charge in [0.2, 0.25) is 17.6 Å². The summed E-state index contributed by atoms with van der Waals surface area (Å²) in [5.41, 5.74) is 1.11. The second kappa shape index (κ2) is 7.65. The summed E-state index contributed by atoms with van der Waals surface area (Å²) in [5, 5.41) is 3.88. The number of benzene rings is 1. The minimum atomic E-state index is 0.0712. The highest BCUT2D eigenvalue weighted by atomic mass is 16.5. The van der Waals surface area contributed by atoms with Gasteiger partial charge in [-0.15, -0.1) is 0 Å². The van der Waals surface area contributed by atoms with E-state index in [1.807, 2.05) is 36.1 Å². The van der Waals surface area contributed by atoms with Gasteiger partial charge < -0.3 is 18.6 Å². The van der Waals surface area contributed by atoms with Crippen molar-refractivity contribution in [2.45, 2.75) is 32.3 Å². The fourth-order valence-corrected chi connectivity index (χ4v) is 3.00. The Hall–Kier alpha value is -3.09. The third-order valence-corrected chi connectivity index (χ3v) is 4.58. The average Bonchev–Trinajstić information content (AvgIpc) is 3.30. The molecule has 7 heteroatoms. The van der Waals surface area contributed by atoms with Gasteiger partial charge in [-0.1, -0.05) is 23.4 Å². The summed E-state index contributed by atoms with van der Waals surface area (Å²) in [7, 11) is 0. The Labute approximate surface area is 156 Å². The van der Waals surface area contributed by atoms with Gasteiger partial charge in [0.1, 0.15) is 11.9 Å². The van der Waals surface area contributed by atoms with Gasteiger partial charge in [-0.05, 0) is 37.1 Å². The fourth-order valence-electron chi connectivity index (χ4n) is 3.00. The average molecular weight is 367 g/mol. The molecule has 0 saturated carbocycles. The number of ether oxygens (including phenoxy) is 1. The van der Waals surface area contributed by atoms with Crippen LogP contribution in [0.3, 0.4) is 0 Å². The topological polar surface area (TPSA) is 81.6 Å². The molecule has 4 rings (SSSR count). The molecule has 0 atom stereocenters. The van der Waals surface area contributed by atoms with Gasteiger partial charge in [0.05, 0.1) is 19.4 Å². The maximum atomic E-state index is 12.3. The van der Waals surface area contributed by atoms with Gasteiger partial charge >= 0.3 is 0 Å². The maximum Gasteiger partial charge on any atom is 0.238 e. The first-order valence-corrected chi connectivity index (χ1v) is 9.05. The van der Waals surface area contributed by atoms with Crippen LogP contribution in [0.5, 0.6) is 5.75 Å². The van der Waals surface area contributed by atoms with E-state index >= 15 is 0 Å². The van der Waals surface area contributed by atoms with Crippen molar-refractivity contribution in [1.82, 2.24) is 15.0 Å². The second-order valence-electron chi connectivity index (χ2n) is 6.65. The van der Waals surface area contributed by atoms with E-state index in [-0.39, 0.29) is 12.0 Å². The zero-order valence-corrected chi connectivity index (χ0v) is 15.1. The van der Waals surface area contributed by atoms with Gasteiger partial charge in [0.25, 0.3) is 0 Å². The third kappa shape index (κ3) is 4.02.